The number of nitrogens with zero attached hydrogens (tertiary/aromatic N) is 2. The van der Waals surface area contributed by atoms with E-state index in [9.17, 15) is 28.7 Å². The molecule has 0 saturated carbocycles. The molecular weight excluding hydrogens is 352 g/mol. The smallest absolute Gasteiger partial charge is 0.269 e. The zero-order chi connectivity index (χ0) is 18.6. The van der Waals surface area contributed by atoms with Crippen molar-refractivity contribution in [2.45, 2.75) is 36.0 Å². The van der Waals surface area contributed by atoms with Gasteiger partial charge in [0.05, 0.1) is 22.5 Å². The summed E-state index contributed by atoms with van der Waals surface area (Å²) in [5, 5.41) is 39.0. The van der Waals surface area contributed by atoms with Gasteiger partial charge in [0, 0.05) is 24.7 Å². The fourth-order valence-electron chi connectivity index (χ4n) is 2.61. The van der Waals surface area contributed by atoms with Gasteiger partial charge in [0.25, 0.3) is 5.69 Å². The summed E-state index contributed by atoms with van der Waals surface area (Å²) in [6.45, 7) is -0.449. The number of nitro benzene ring substituents is 1. The van der Waals surface area contributed by atoms with E-state index in [2.05, 4.69) is 0 Å². The fourth-order valence-corrected chi connectivity index (χ4v) is 4.22. The third-order valence-electron chi connectivity index (χ3n) is 4.01. The molecule has 1 aromatic carbocycles. The molecule has 2 rings (SSSR count). The number of sulfonamides is 1. The molecule has 0 saturated heterocycles. The molecule has 0 spiro atoms. The fraction of sp³-hybridized carbons (Fsp3) is 0.467. The molecule has 3 atom stereocenters. The average Bonchev–Trinajstić information content (AvgIpc) is 2.61. The molecular formula is C15H20N2O7S. The molecule has 0 fully saturated rings. The predicted octanol–water partition coefficient (Wildman–Crippen LogP) is 0.0182. The first-order valence-electron chi connectivity index (χ1n) is 7.67. The molecule has 0 bridgehead atoms. The summed E-state index contributed by atoms with van der Waals surface area (Å²) in [5.74, 6) is 0. The molecule has 0 radical (unpaired) electrons. The highest BCUT2D eigenvalue weighted by molar-refractivity contribution is 7.89. The lowest BCUT2D eigenvalue weighted by atomic mass is 10.0. The molecule has 1 aliphatic rings. The number of benzene rings is 1. The number of nitro groups is 1. The highest BCUT2D eigenvalue weighted by Gasteiger charge is 2.34. The second-order valence-corrected chi connectivity index (χ2v) is 7.59. The maximum Gasteiger partial charge on any atom is 0.269 e. The normalized spacial score (nSPS) is 21.0. The standard InChI is InChI=1S/C15H20N2O7S/c18-10-15(20)14(19)9-12-3-1-2-8-16(12)25(23,24)13-6-4-11(5-7-13)17(21)22/h1,3-7,12,14-15,18-20H,2,8-10H2/t12-,14-,15+/m0/s1. The summed E-state index contributed by atoms with van der Waals surface area (Å²) in [6.07, 6.45) is 1.17. The lowest BCUT2D eigenvalue weighted by molar-refractivity contribution is -0.384. The number of non-ortho nitro benzene ring substituents is 1. The van der Waals surface area contributed by atoms with Gasteiger partial charge in [0.2, 0.25) is 10.0 Å². The SMILES string of the molecule is O=[N+]([O-])c1ccc(S(=O)(=O)N2CCC=C[C@H]2C[C@H](O)[C@H](O)CO)cc1. The van der Waals surface area contributed by atoms with Crippen molar-refractivity contribution < 1.29 is 28.7 Å². The van der Waals surface area contributed by atoms with Crippen LogP contribution in [0.15, 0.2) is 41.3 Å². The summed E-state index contributed by atoms with van der Waals surface area (Å²) in [7, 11) is -3.93. The van der Waals surface area contributed by atoms with Gasteiger partial charge in [-0.25, -0.2) is 8.42 Å². The van der Waals surface area contributed by atoms with Gasteiger partial charge in [-0.15, -0.1) is 0 Å². The van der Waals surface area contributed by atoms with Gasteiger partial charge < -0.3 is 15.3 Å². The van der Waals surface area contributed by atoms with Gasteiger partial charge in [-0.05, 0) is 25.0 Å². The largest absolute Gasteiger partial charge is 0.394 e. The average molecular weight is 372 g/mol. The van der Waals surface area contributed by atoms with E-state index < -0.39 is 39.8 Å². The number of aliphatic hydroxyl groups is 3. The van der Waals surface area contributed by atoms with Crippen LogP contribution in [0.1, 0.15) is 12.8 Å². The number of hydrogen-bond donors (Lipinski definition) is 3. The van der Waals surface area contributed by atoms with Crippen LogP contribution in [0.5, 0.6) is 0 Å². The summed E-state index contributed by atoms with van der Waals surface area (Å²) in [5.41, 5.74) is -0.212. The first-order valence-corrected chi connectivity index (χ1v) is 9.11. The van der Waals surface area contributed by atoms with Crippen molar-refractivity contribution >= 4 is 15.7 Å². The minimum atomic E-state index is -3.93. The Morgan fingerprint density at radius 2 is 1.88 bits per heavy atom. The van der Waals surface area contributed by atoms with Crippen LogP contribution in [-0.4, -0.2) is 64.4 Å². The number of hydrogen-bond acceptors (Lipinski definition) is 7. The molecule has 3 N–H and O–H groups in total. The molecule has 1 aromatic rings. The van der Waals surface area contributed by atoms with Crippen LogP contribution >= 0.6 is 0 Å². The summed E-state index contributed by atoms with van der Waals surface area (Å²) < 4.78 is 26.8. The van der Waals surface area contributed by atoms with Gasteiger partial charge in [-0.2, -0.15) is 4.31 Å². The molecule has 0 amide bonds. The molecule has 25 heavy (non-hydrogen) atoms. The lowest BCUT2D eigenvalue weighted by Crippen LogP contribution is -2.45. The van der Waals surface area contributed by atoms with E-state index in [1.165, 1.54) is 16.4 Å². The van der Waals surface area contributed by atoms with Gasteiger partial charge in [0.15, 0.2) is 0 Å². The minimum absolute atomic E-state index is 0.0789. The van der Waals surface area contributed by atoms with E-state index in [1.54, 1.807) is 12.2 Å². The van der Waals surface area contributed by atoms with E-state index in [1.807, 2.05) is 0 Å². The zero-order valence-corrected chi connectivity index (χ0v) is 14.1. The highest BCUT2D eigenvalue weighted by atomic mass is 32.2. The van der Waals surface area contributed by atoms with E-state index in [0.29, 0.717) is 6.42 Å². The third-order valence-corrected chi connectivity index (χ3v) is 5.95. The van der Waals surface area contributed by atoms with Gasteiger partial charge in [0.1, 0.15) is 6.10 Å². The summed E-state index contributed by atoms with van der Waals surface area (Å²) in [4.78, 5) is 9.99. The Morgan fingerprint density at radius 3 is 2.44 bits per heavy atom. The molecule has 0 aromatic heterocycles. The minimum Gasteiger partial charge on any atom is -0.394 e. The van der Waals surface area contributed by atoms with Crippen molar-refractivity contribution in [2.24, 2.45) is 0 Å². The monoisotopic (exact) mass is 372 g/mol. The van der Waals surface area contributed by atoms with Crippen molar-refractivity contribution in [3.63, 3.8) is 0 Å². The van der Waals surface area contributed by atoms with Crippen LogP contribution < -0.4 is 0 Å². The van der Waals surface area contributed by atoms with E-state index in [-0.39, 0.29) is 23.5 Å². The first-order chi connectivity index (χ1) is 11.8. The van der Waals surface area contributed by atoms with Gasteiger partial charge in [-0.1, -0.05) is 12.2 Å². The Bertz CT molecular complexity index is 733. The summed E-state index contributed by atoms with van der Waals surface area (Å²) in [6, 6.07) is 3.88. The van der Waals surface area contributed by atoms with Crippen molar-refractivity contribution in [3.8, 4) is 0 Å². The molecule has 1 aliphatic heterocycles. The molecule has 0 unspecified atom stereocenters. The zero-order valence-electron chi connectivity index (χ0n) is 13.3. The molecule has 138 valence electrons. The van der Waals surface area contributed by atoms with E-state index >= 15 is 0 Å². The van der Waals surface area contributed by atoms with Crippen molar-refractivity contribution in [3.05, 3.63) is 46.5 Å². The number of rotatable bonds is 7. The molecule has 1 heterocycles. The predicted molar refractivity (Wildman–Crippen MR) is 88.2 cm³/mol. The van der Waals surface area contributed by atoms with Crippen LogP contribution in [0.25, 0.3) is 0 Å². The maximum absolute atomic E-state index is 12.8. The topological polar surface area (TPSA) is 141 Å². The van der Waals surface area contributed by atoms with Crippen LogP contribution in [0.3, 0.4) is 0 Å². The second-order valence-electron chi connectivity index (χ2n) is 5.70. The Morgan fingerprint density at radius 1 is 1.24 bits per heavy atom. The van der Waals surface area contributed by atoms with Crippen LogP contribution in [0.4, 0.5) is 5.69 Å². The molecule has 0 aliphatic carbocycles. The van der Waals surface area contributed by atoms with E-state index in [4.69, 9.17) is 5.11 Å². The Kier molecular flexibility index (Phi) is 6.25. The van der Waals surface area contributed by atoms with Crippen molar-refractivity contribution in [2.75, 3.05) is 13.2 Å². The highest BCUT2D eigenvalue weighted by Crippen LogP contribution is 2.26. The quantitative estimate of drug-likeness (QED) is 0.348. The first kappa shape index (κ1) is 19.5. The lowest BCUT2D eigenvalue weighted by Gasteiger charge is -2.33. The van der Waals surface area contributed by atoms with Gasteiger partial charge in [-0.3, -0.25) is 10.1 Å². The van der Waals surface area contributed by atoms with E-state index in [0.717, 1.165) is 12.1 Å². The Labute approximate surface area is 145 Å². The Balaban J connectivity index is 2.26. The van der Waals surface area contributed by atoms with Gasteiger partial charge >= 0.3 is 0 Å². The summed E-state index contributed by atoms with van der Waals surface area (Å²) >= 11 is 0. The van der Waals surface area contributed by atoms with Crippen LogP contribution in [0.2, 0.25) is 0 Å². The maximum atomic E-state index is 12.8. The van der Waals surface area contributed by atoms with Crippen molar-refractivity contribution in [1.29, 1.82) is 0 Å². The third kappa shape index (κ3) is 4.41. The van der Waals surface area contributed by atoms with Crippen LogP contribution in [0, 0.1) is 10.1 Å². The molecule has 9 nitrogen and oxygen atoms in total. The van der Waals surface area contributed by atoms with Crippen molar-refractivity contribution in [1.82, 2.24) is 4.31 Å². The molecule has 10 heteroatoms. The Hall–Kier alpha value is -1.85. The van der Waals surface area contributed by atoms with Crippen LogP contribution in [-0.2, 0) is 10.0 Å². The number of aliphatic hydroxyl groups excluding tert-OH is 3. The second kappa shape index (κ2) is 8.02.